The maximum atomic E-state index is 13.4. The van der Waals surface area contributed by atoms with Crippen LogP contribution in [0.25, 0.3) is 0 Å². The third-order valence-electron chi connectivity index (χ3n) is 8.56. The van der Waals surface area contributed by atoms with Crippen LogP contribution in [-0.2, 0) is 16.6 Å². The van der Waals surface area contributed by atoms with Crippen molar-refractivity contribution < 1.29 is 24.2 Å². The van der Waals surface area contributed by atoms with Crippen molar-refractivity contribution in [2.45, 2.75) is 12.8 Å². The number of aromatic nitrogens is 2. The lowest BCUT2D eigenvalue weighted by Crippen LogP contribution is -2.47. The first-order chi connectivity index (χ1) is 23.3. The van der Waals surface area contributed by atoms with Gasteiger partial charge in [-0.05, 0) is 61.0 Å². The van der Waals surface area contributed by atoms with E-state index in [1.54, 1.807) is 61.8 Å². The number of aliphatic hydroxyl groups is 1. The lowest BCUT2D eigenvalue weighted by Gasteiger charge is -2.36. The number of piperazine rings is 1. The number of benzene rings is 3. The molecule has 0 aliphatic carbocycles. The molecule has 0 radical (unpaired) electrons. The van der Waals surface area contributed by atoms with Crippen LogP contribution in [0.15, 0.2) is 77.8 Å². The van der Waals surface area contributed by atoms with Crippen molar-refractivity contribution in [3.8, 4) is 0 Å². The second-order valence-electron chi connectivity index (χ2n) is 11.9. The number of fused-ring (bicyclic) bond motifs is 1. The van der Waals surface area contributed by atoms with E-state index in [4.69, 9.17) is 9.84 Å². The summed E-state index contributed by atoms with van der Waals surface area (Å²) in [4.78, 5) is 48.4. The molecule has 12 heteroatoms. The fourth-order valence-corrected chi connectivity index (χ4v) is 6.00. The Morgan fingerprint density at radius 1 is 1.02 bits per heavy atom. The summed E-state index contributed by atoms with van der Waals surface area (Å²) in [7, 11) is 1.70. The van der Waals surface area contributed by atoms with Gasteiger partial charge in [0.1, 0.15) is 11.6 Å². The van der Waals surface area contributed by atoms with Gasteiger partial charge in [0.25, 0.3) is 5.91 Å². The molecule has 12 nitrogen and oxygen atoms in total. The quantitative estimate of drug-likeness (QED) is 0.120. The molecule has 1 unspecified atom stereocenters. The van der Waals surface area contributed by atoms with Gasteiger partial charge in [0.2, 0.25) is 5.91 Å². The second-order valence-corrected chi connectivity index (χ2v) is 11.9. The molecule has 3 N–H and O–H groups in total. The molecule has 48 heavy (non-hydrogen) atoms. The molecule has 248 valence electrons. The Balaban J connectivity index is 1.06. The molecule has 2 aliphatic rings. The van der Waals surface area contributed by atoms with E-state index in [0.29, 0.717) is 41.4 Å². The first-order valence-electron chi connectivity index (χ1n) is 16.0. The van der Waals surface area contributed by atoms with Crippen LogP contribution in [0.1, 0.15) is 43.6 Å². The van der Waals surface area contributed by atoms with Gasteiger partial charge in [-0.1, -0.05) is 24.3 Å². The lowest BCUT2D eigenvalue weighted by atomic mass is 9.97. The minimum Gasteiger partial charge on any atom is -0.394 e. The number of ether oxygens (including phenoxy) is 1. The van der Waals surface area contributed by atoms with Crippen LogP contribution in [0.2, 0.25) is 0 Å². The molecule has 1 saturated heterocycles. The van der Waals surface area contributed by atoms with Gasteiger partial charge in [-0.15, -0.1) is 0 Å². The number of aliphatic imine (C=N–C) groups is 1. The first kappa shape index (κ1) is 32.8. The molecule has 0 saturated carbocycles. The zero-order chi connectivity index (χ0) is 33.6. The summed E-state index contributed by atoms with van der Waals surface area (Å²) in [5.41, 5.74) is 5.67. The van der Waals surface area contributed by atoms with E-state index < -0.39 is 5.92 Å². The minimum absolute atomic E-state index is 0.0492. The van der Waals surface area contributed by atoms with Crippen LogP contribution in [-0.4, -0.2) is 96.1 Å². The van der Waals surface area contributed by atoms with E-state index in [-0.39, 0.29) is 24.2 Å². The van der Waals surface area contributed by atoms with Crippen LogP contribution in [0, 0.1) is 6.92 Å². The number of amides is 2. The summed E-state index contributed by atoms with van der Waals surface area (Å²) in [6, 6.07) is 21.6. The highest BCUT2D eigenvalue weighted by Gasteiger charge is 2.30. The van der Waals surface area contributed by atoms with Crippen LogP contribution >= 0.6 is 0 Å². The van der Waals surface area contributed by atoms with Gasteiger partial charge in [0.15, 0.2) is 5.78 Å². The van der Waals surface area contributed by atoms with Crippen molar-refractivity contribution in [3.63, 3.8) is 0 Å². The smallest absolute Gasteiger partial charge is 0.273 e. The predicted octanol–water partition coefficient (Wildman–Crippen LogP) is 3.78. The van der Waals surface area contributed by atoms with E-state index in [1.807, 2.05) is 31.2 Å². The Hall–Kier alpha value is -5.17. The van der Waals surface area contributed by atoms with Gasteiger partial charge in [0.05, 0.1) is 31.2 Å². The van der Waals surface area contributed by atoms with Crippen molar-refractivity contribution in [2.75, 3.05) is 68.1 Å². The standard InChI is InChI=1S/C36H39N7O5/c1-24-20-33(41(2)40-24)36(47)38-28-5-3-4-25(21-28)34(45)26-6-11-30-31(35(46)39-32(30)22-26)23-37-27-7-9-29(10-8-27)43-14-12-42(13-15-43)16-18-48-19-17-44/h3-11,20-23,31,44H,12-19H2,1-2H3,(H,38,47)(H,39,46). The number of aryl methyl sites for hydroxylation is 2. The molecular weight excluding hydrogens is 610 g/mol. The topological polar surface area (TPSA) is 141 Å². The normalized spacial score (nSPS) is 16.3. The third-order valence-corrected chi connectivity index (χ3v) is 8.56. The van der Waals surface area contributed by atoms with E-state index in [1.165, 1.54) is 4.68 Å². The van der Waals surface area contributed by atoms with E-state index in [2.05, 4.69) is 30.5 Å². The van der Waals surface area contributed by atoms with Crippen LogP contribution < -0.4 is 15.5 Å². The molecule has 0 bridgehead atoms. The Bertz CT molecular complexity index is 1830. The van der Waals surface area contributed by atoms with Crippen molar-refractivity contribution >= 4 is 46.6 Å². The highest BCUT2D eigenvalue weighted by molar-refractivity contribution is 6.15. The summed E-state index contributed by atoms with van der Waals surface area (Å²) in [6.45, 7) is 7.46. The lowest BCUT2D eigenvalue weighted by molar-refractivity contribution is -0.115. The SMILES string of the molecule is Cc1cc(C(=O)Nc2cccc(C(=O)c3ccc4c(c3)NC(=O)C4C=Nc3ccc(N4CCN(CCOCCO)CC4)cc3)c2)n(C)n1. The average Bonchev–Trinajstić information content (AvgIpc) is 3.61. The highest BCUT2D eigenvalue weighted by Crippen LogP contribution is 2.33. The van der Waals surface area contributed by atoms with Crippen LogP contribution in [0.3, 0.4) is 0 Å². The molecule has 3 heterocycles. The Morgan fingerprint density at radius 2 is 1.79 bits per heavy atom. The summed E-state index contributed by atoms with van der Waals surface area (Å²) >= 11 is 0. The first-order valence-corrected chi connectivity index (χ1v) is 16.0. The van der Waals surface area contributed by atoms with Crippen LogP contribution in [0.5, 0.6) is 0 Å². The molecule has 3 aromatic carbocycles. The Labute approximate surface area is 279 Å². The maximum absolute atomic E-state index is 13.4. The number of ketones is 1. The molecular formula is C36H39N7O5. The fraction of sp³-hybridized carbons (Fsp3) is 0.306. The Morgan fingerprint density at radius 3 is 2.52 bits per heavy atom. The number of carbonyl (C=O) groups is 3. The molecule has 6 rings (SSSR count). The number of nitrogens with one attached hydrogen (secondary N) is 2. The molecule has 2 aliphatic heterocycles. The number of aliphatic hydroxyl groups excluding tert-OH is 1. The van der Waals surface area contributed by atoms with Crippen LogP contribution in [0.4, 0.5) is 22.7 Å². The number of nitrogens with zero attached hydrogens (tertiary/aromatic N) is 5. The zero-order valence-electron chi connectivity index (χ0n) is 27.1. The van der Waals surface area contributed by atoms with Gasteiger partial charge >= 0.3 is 0 Å². The van der Waals surface area contributed by atoms with E-state index in [9.17, 15) is 14.4 Å². The highest BCUT2D eigenvalue weighted by atomic mass is 16.5. The average molecular weight is 650 g/mol. The maximum Gasteiger partial charge on any atom is 0.273 e. The number of hydrogen-bond donors (Lipinski definition) is 3. The summed E-state index contributed by atoms with van der Waals surface area (Å²) in [5, 5.41) is 18.8. The summed E-state index contributed by atoms with van der Waals surface area (Å²) < 4.78 is 6.90. The predicted molar refractivity (Wildman–Crippen MR) is 185 cm³/mol. The summed E-state index contributed by atoms with van der Waals surface area (Å²) in [6.07, 6.45) is 1.64. The van der Waals surface area contributed by atoms with Crippen molar-refractivity contribution in [1.29, 1.82) is 0 Å². The third kappa shape index (κ3) is 7.52. The monoisotopic (exact) mass is 649 g/mol. The molecule has 4 aromatic rings. The van der Waals surface area contributed by atoms with Gasteiger partial charge in [-0.3, -0.25) is 29.0 Å². The molecule has 2 amide bonds. The van der Waals surface area contributed by atoms with E-state index >= 15 is 0 Å². The largest absolute Gasteiger partial charge is 0.394 e. The van der Waals surface area contributed by atoms with Gasteiger partial charge in [-0.25, -0.2) is 0 Å². The van der Waals surface area contributed by atoms with Crippen molar-refractivity contribution in [3.05, 3.63) is 101 Å². The minimum atomic E-state index is -0.576. The molecule has 1 atom stereocenters. The molecule has 0 spiro atoms. The summed E-state index contributed by atoms with van der Waals surface area (Å²) in [5.74, 6) is -1.33. The van der Waals surface area contributed by atoms with Crippen molar-refractivity contribution in [2.24, 2.45) is 12.0 Å². The molecule has 1 aromatic heterocycles. The number of anilines is 3. The van der Waals surface area contributed by atoms with Crippen molar-refractivity contribution in [1.82, 2.24) is 14.7 Å². The van der Waals surface area contributed by atoms with E-state index in [0.717, 1.165) is 55.4 Å². The number of carbonyl (C=O) groups excluding carboxylic acids is 3. The second kappa shape index (κ2) is 14.7. The van der Waals surface area contributed by atoms with Gasteiger partial charge in [-0.2, -0.15) is 5.10 Å². The fourth-order valence-electron chi connectivity index (χ4n) is 6.00. The Kier molecular flexibility index (Phi) is 10.0. The molecule has 1 fully saturated rings. The number of hydrogen-bond acceptors (Lipinski definition) is 9. The van der Waals surface area contributed by atoms with Gasteiger partial charge in [0, 0.05) is 74.2 Å². The zero-order valence-corrected chi connectivity index (χ0v) is 27.1. The number of rotatable bonds is 12. The van der Waals surface area contributed by atoms with Gasteiger partial charge < -0.3 is 25.4 Å².